The van der Waals surface area contributed by atoms with E-state index in [1.165, 1.54) is 25.7 Å². The number of rotatable bonds is 10. The summed E-state index contributed by atoms with van der Waals surface area (Å²) in [5.41, 5.74) is 0.233. The molecule has 0 unspecified atom stereocenters. The van der Waals surface area contributed by atoms with Crippen LogP contribution in [-0.4, -0.2) is 38.0 Å². The van der Waals surface area contributed by atoms with Crippen LogP contribution in [0.2, 0.25) is 0 Å². The zero-order valence-corrected chi connectivity index (χ0v) is 17.3. The molecule has 0 fully saturated rings. The van der Waals surface area contributed by atoms with E-state index < -0.39 is 0 Å². The first kappa shape index (κ1) is 23.7. The van der Waals surface area contributed by atoms with Gasteiger partial charge in [0.15, 0.2) is 5.96 Å². The fraction of sp³-hybridized carbons (Fsp3) is 0.875. The summed E-state index contributed by atoms with van der Waals surface area (Å²) in [4.78, 5) is 15.8. The van der Waals surface area contributed by atoms with Crippen molar-refractivity contribution < 1.29 is 4.79 Å². The van der Waals surface area contributed by atoms with Crippen molar-refractivity contribution in [1.82, 2.24) is 16.0 Å². The lowest BCUT2D eigenvalue weighted by Gasteiger charge is -2.26. The van der Waals surface area contributed by atoms with Gasteiger partial charge in [0, 0.05) is 19.6 Å². The molecule has 0 atom stereocenters. The molecule has 0 rings (SSSR count). The second kappa shape index (κ2) is 14.1. The number of amides is 1. The van der Waals surface area contributed by atoms with Gasteiger partial charge in [0.05, 0.1) is 0 Å². The fourth-order valence-electron chi connectivity index (χ4n) is 2.01. The Kier molecular flexibility index (Phi) is 15.2. The normalized spacial score (nSPS) is 11.6. The molecular weight excluding hydrogens is 391 g/mol. The first-order valence-corrected chi connectivity index (χ1v) is 8.24. The molecule has 0 bridgehead atoms. The Hall–Kier alpha value is -0.530. The first-order chi connectivity index (χ1) is 9.95. The van der Waals surface area contributed by atoms with Crippen molar-refractivity contribution in [2.24, 2.45) is 10.4 Å². The summed E-state index contributed by atoms with van der Waals surface area (Å²) >= 11 is 0. The number of hydrogen-bond donors (Lipinski definition) is 3. The van der Waals surface area contributed by atoms with Gasteiger partial charge in [0.2, 0.25) is 5.91 Å². The lowest BCUT2D eigenvalue weighted by Crippen LogP contribution is -2.42. The minimum atomic E-state index is -0.0445. The van der Waals surface area contributed by atoms with Crippen LogP contribution in [0.15, 0.2) is 4.99 Å². The van der Waals surface area contributed by atoms with Gasteiger partial charge in [-0.2, -0.15) is 0 Å². The van der Waals surface area contributed by atoms with Gasteiger partial charge in [0.1, 0.15) is 6.54 Å². The van der Waals surface area contributed by atoms with Crippen molar-refractivity contribution in [3.63, 3.8) is 0 Å². The number of unbranched alkanes of at least 4 members (excludes halogenated alkanes) is 2. The Morgan fingerprint density at radius 2 is 1.64 bits per heavy atom. The topological polar surface area (TPSA) is 65.5 Å². The number of carbonyl (C=O) groups excluding carboxylic acids is 1. The first-order valence-electron chi connectivity index (χ1n) is 8.24. The molecule has 0 aliphatic rings. The van der Waals surface area contributed by atoms with Crippen LogP contribution in [0.3, 0.4) is 0 Å². The summed E-state index contributed by atoms with van der Waals surface area (Å²) in [5, 5.41) is 9.27. The highest BCUT2D eigenvalue weighted by Crippen LogP contribution is 2.22. The van der Waals surface area contributed by atoms with Crippen LogP contribution in [0.1, 0.15) is 60.3 Å². The Balaban J connectivity index is 0. The molecule has 0 spiro atoms. The molecule has 0 saturated heterocycles. The van der Waals surface area contributed by atoms with E-state index in [0.29, 0.717) is 12.5 Å². The molecule has 1 amide bonds. The number of nitrogens with one attached hydrogen (secondary N) is 3. The van der Waals surface area contributed by atoms with Crippen LogP contribution in [0.4, 0.5) is 0 Å². The number of carbonyl (C=O) groups is 1. The second-order valence-electron chi connectivity index (χ2n) is 6.12. The molecule has 0 aromatic carbocycles. The minimum Gasteiger partial charge on any atom is -0.357 e. The van der Waals surface area contributed by atoms with E-state index in [0.717, 1.165) is 13.1 Å². The van der Waals surface area contributed by atoms with E-state index in [2.05, 4.69) is 41.7 Å². The molecule has 22 heavy (non-hydrogen) atoms. The van der Waals surface area contributed by atoms with E-state index >= 15 is 0 Å². The summed E-state index contributed by atoms with van der Waals surface area (Å²) < 4.78 is 0. The Bertz CT molecular complexity index is 319. The number of aliphatic imine (C=N–C) groups is 1. The zero-order chi connectivity index (χ0) is 16.1. The standard InChI is InChI=1S/C16H34N4O.HI/c1-6-9-10-11-16(4,5)13-20-15(18-8-3)19-12-14(21)17-7-2;/h6-13H2,1-5H3,(H,17,21)(H2,18,19,20);1H. The third-order valence-corrected chi connectivity index (χ3v) is 3.29. The molecule has 132 valence electrons. The van der Waals surface area contributed by atoms with Gasteiger partial charge in [-0.1, -0.05) is 40.0 Å². The Labute approximate surface area is 153 Å². The number of halogens is 1. The van der Waals surface area contributed by atoms with E-state index in [1.807, 2.05) is 13.8 Å². The number of hydrogen-bond acceptors (Lipinski definition) is 2. The largest absolute Gasteiger partial charge is 0.357 e. The second-order valence-corrected chi connectivity index (χ2v) is 6.12. The summed E-state index contributed by atoms with van der Waals surface area (Å²) in [6.45, 7) is 13.1. The van der Waals surface area contributed by atoms with Crippen molar-refractivity contribution in [1.29, 1.82) is 0 Å². The summed E-state index contributed by atoms with van der Waals surface area (Å²) in [6.07, 6.45) is 5.00. The van der Waals surface area contributed by atoms with Crippen LogP contribution in [-0.2, 0) is 4.79 Å². The van der Waals surface area contributed by atoms with Crippen LogP contribution in [0.5, 0.6) is 0 Å². The highest BCUT2D eigenvalue weighted by Gasteiger charge is 2.17. The molecule has 0 aliphatic heterocycles. The Morgan fingerprint density at radius 3 is 2.18 bits per heavy atom. The van der Waals surface area contributed by atoms with Crippen LogP contribution in [0.25, 0.3) is 0 Å². The molecule has 0 aromatic rings. The van der Waals surface area contributed by atoms with Gasteiger partial charge >= 0.3 is 0 Å². The van der Waals surface area contributed by atoms with Crippen molar-refractivity contribution >= 4 is 35.8 Å². The molecule has 0 heterocycles. The lowest BCUT2D eigenvalue weighted by molar-refractivity contribution is -0.119. The highest BCUT2D eigenvalue weighted by atomic mass is 127. The van der Waals surface area contributed by atoms with E-state index in [-0.39, 0.29) is 41.8 Å². The average Bonchev–Trinajstić information content (AvgIpc) is 2.42. The van der Waals surface area contributed by atoms with Gasteiger partial charge < -0.3 is 16.0 Å². The molecule has 0 aromatic heterocycles. The maximum atomic E-state index is 11.5. The molecule has 6 heteroatoms. The fourth-order valence-corrected chi connectivity index (χ4v) is 2.01. The van der Waals surface area contributed by atoms with E-state index in [9.17, 15) is 4.79 Å². The maximum Gasteiger partial charge on any atom is 0.241 e. The maximum absolute atomic E-state index is 11.5. The van der Waals surface area contributed by atoms with E-state index in [4.69, 9.17) is 0 Å². The lowest BCUT2D eigenvalue weighted by atomic mass is 9.87. The number of guanidine groups is 1. The predicted molar refractivity (Wildman–Crippen MR) is 106 cm³/mol. The minimum absolute atomic E-state index is 0. The zero-order valence-electron chi connectivity index (χ0n) is 14.9. The third kappa shape index (κ3) is 13.2. The Morgan fingerprint density at radius 1 is 1.00 bits per heavy atom. The summed E-state index contributed by atoms with van der Waals surface area (Å²) in [5.74, 6) is 0.671. The van der Waals surface area contributed by atoms with Crippen LogP contribution >= 0.6 is 24.0 Å². The number of likely N-dealkylation sites (N-methyl/N-ethyl adjacent to an activating group) is 1. The predicted octanol–water partition coefficient (Wildman–Crippen LogP) is 2.90. The van der Waals surface area contributed by atoms with Crippen molar-refractivity contribution in [3.05, 3.63) is 0 Å². The molecule has 3 N–H and O–H groups in total. The van der Waals surface area contributed by atoms with Crippen molar-refractivity contribution in [2.75, 3.05) is 26.2 Å². The van der Waals surface area contributed by atoms with Gasteiger partial charge in [-0.25, -0.2) is 4.99 Å². The highest BCUT2D eigenvalue weighted by molar-refractivity contribution is 14.0. The quantitative estimate of drug-likeness (QED) is 0.218. The molecule has 0 aliphatic carbocycles. The van der Waals surface area contributed by atoms with Gasteiger partial charge in [-0.05, 0) is 25.7 Å². The molecule has 0 saturated carbocycles. The molecule has 5 nitrogen and oxygen atoms in total. The smallest absolute Gasteiger partial charge is 0.241 e. The van der Waals surface area contributed by atoms with Crippen LogP contribution < -0.4 is 16.0 Å². The SMILES string of the molecule is CCCCCC(C)(C)CNC(=NCC(=O)NCC)NCC.I. The monoisotopic (exact) mass is 426 g/mol. The third-order valence-electron chi connectivity index (χ3n) is 3.29. The summed E-state index contributed by atoms with van der Waals surface area (Å²) in [7, 11) is 0. The van der Waals surface area contributed by atoms with Gasteiger partial charge in [0.25, 0.3) is 0 Å². The van der Waals surface area contributed by atoms with E-state index in [1.54, 1.807) is 0 Å². The number of nitrogens with zero attached hydrogens (tertiary/aromatic N) is 1. The molecule has 0 radical (unpaired) electrons. The van der Waals surface area contributed by atoms with Gasteiger partial charge in [-0.3, -0.25) is 4.79 Å². The summed E-state index contributed by atoms with van der Waals surface area (Å²) in [6, 6.07) is 0. The van der Waals surface area contributed by atoms with Crippen molar-refractivity contribution in [2.45, 2.75) is 60.3 Å². The van der Waals surface area contributed by atoms with Gasteiger partial charge in [-0.15, -0.1) is 24.0 Å². The van der Waals surface area contributed by atoms with Crippen molar-refractivity contribution in [3.8, 4) is 0 Å². The van der Waals surface area contributed by atoms with Crippen LogP contribution in [0, 0.1) is 5.41 Å². The average molecular weight is 426 g/mol. The molecular formula is C16H35IN4O.